The lowest BCUT2D eigenvalue weighted by Gasteiger charge is -2.09. The van der Waals surface area contributed by atoms with Gasteiger partial charge in [-0.15, -0.1) is 11.6 Å². The molecule has 0 unspecified atom stereocenters. The first-order chi connectivity index (χ1) is 10.0. The molecule has 0 bridgehead atoms. The van der Waals surface area contributed by atoms with Crippen molar-refractivity contribution >= 4 is 17.3 Å². The van der Waals surface area contributed by atoms with Crippen molar-refractivity contribution in [2.75, 3.05) is 0 Å². The lowest BCUT2D eigenvalue weighted by atomic mass is 10.1. The van der Waals surface area contributed by atoms with E-state index < -0.39 is 4.92 Å². The summed E-state index contributed by atoms with van der Waals surface area (Å²) in [5.74, 6) is 0.891. The van der Waals surface area contributed by atoms with Crippen molar-refractivity contribution in [2.45, 2.75) is 26.1 Å². The fourth-order valence-corrected chi connectivity index (χ4v) is 2.06. The van der Waals surface area contributed by atoms with Crippen molar-refractivity contribution in [2.24, 2.45) is 0 Å². The van der Waals surface area contributed by atoms with Gasteiger partial charge in [-0.2, -0.15) is 0 Å². The van der Waals surface area contributed by atoms with Crippen LogP contribution < -0.4 is 4.74 Å². The molecule has 0 N–H and O–H groups in total. The normalized spacial score (nSPS) is 10.4. The summed E-state index contributed by atoms with van der Waals surface area (Å²) in [5.41, 5.74) is 2.48. The maximum absolute atomic E-state index is 11.2. The average molecular weight is 307 g/mol. The largest absolute Gasteiger partial charge is 0.432 e. The Morgan fingerprint density at radius 3 is 2.67 bits per heavy atom. The van der Waals surface area contributed by atoms with Crippen LogP contribution in [0.2, 0.25) is 0 Å². The van der Waals surface area contributed by atoms with Crippen LogP contribution in [0.25, 0.3) is 0 Å². The minimum absolute atomic E-state index is 0.0584. The molecule has 0 saturated heterocycles. The molecule has 1 aromatic carbocycles. The van der Waals surface area contributed by atoms with Crippen LogP contribution in [-0.2, 0) is 12.3 Å². The van der Waals surface area contributed by atoms with Gasteiger partial charge in [0, 0.05) is 23.7 Å². The topological polar surface area (TPSA) is 65.3 Å². The van der Waals surface area contributed by atoms with E-state index in [9.17, 15) is 10.1 Å². The number of pyridine rings is 1. The molecule has 0 aliphatic heterocycles. The molecular weight excluding hydrogens is 292 g/mol. The fourth-order valence-electron chi connectivity index (χ4n) is 1.92. The second-order valence-electron chi connectivity index (χ2n) is 4.61. The molecule has 5 nitrogen and oxygen atoms in total. The van der Waals surface area contributed by atoms with Crippen LogP contribution in [0.5, 0.6) is 11.6 Å². The summed E-state index contributed by atoms with van der Waals surface area (Å²) in [4.78, 5) is 14.9. The zero-order valence-corrected chi connectivity index (χ0v) is 12.6. The van der Waals surface area contributed by atoms with Gasteiger partial charge in [0.1, 0.15) is 0 Å². The molecule has 0 aliphatic carbocycles. The van der Waals surface area contributed by atoms with Crippen molar-refractivity contribution < 1.29 is 9.66 Å². The van der Waals surface area contributed by atoms with Gasteiger partial charge >= 0.3 is 5.69 Å². The Labute approximate surface area is 127 Å². The number of hydrogen-bond donors (Lipinski definition) is 0. The summed E-state index contributed by atoms with van der Waals surface area (Å²) in [6.07, 6.45) is 2.32. The predicted molar refractivity (Wildman–Crippen MR) is 81.1 cm³/mol. The molecule has 0 atom stereocenters. The van der Waals surface area contributed by atoms with Crippen LogP contribution in [0.15, 0.2) is 30.5 Å². The number of nitrogens with zero attached hydrogens (tertiary/aromatic N) is 2. The first-order valence-electron chi connectivity index (χ1n) is 6.51. The highest BCUT2D eigenvalue weighted by Gasteiger charge is 2.17. The zero-order valence-electron chi connectivity index (χ0n) is 11.8. The Balaban J connectivity index is 2.37. The molecule has 21 heavy (non-hydrogen) atoms. The van der Waals surface area contributed by atoms with Gasteiger partial charge in [-0.05, 0) is 36.6 Å². The van der Waals surface area contributed by atoms with Crippen LogP contribution in [0, 0.1) is 17.0 Å². The maximum atomic E-state index is 11.2. The highest BCUT2D eigenvalue weighted by Crippen LogP contribution is 2.32. The van der Waals surface area contributed by atoms with Gasteiger partial charge < -0.3 is 4.74 Å². The zero-order chi connectivity index (χ0) is 15.4. The fraction of sp³-hybridized carbons (Fsp3) is 0.267. The Kier molecular flexibility index (Phi) is 4.75. The van der Waals surface area contributed by atoms with Gasteiger partial charge in [-0.25, -0.2) is 4.98 Å². The third kappa shape index (κ3) is 3.49. The van der Waals surface area contributed by atoms with Gasteiger partial charge in [0.25, 0.3) is 0 Å². The Bertz CT molecular complexity index is 674. The predicted octanol–water partition coefficient (Wildman–Crippen LogP) is 4.39. The van der Waals surface area contributed by atoms with Crippen LogP contribution in [0.3, 0.4) is 0 Å². The third-order valence-electron chi connectivity index (χ3n) is 3.08. The monoisotopic (exact) mass is 306 g/mol. The number of nitro benzene ring substituents is 1. The number of ether oxygens (including phenoxy) is 1. The van der Waals surface area contributed by atoms with Gasteiger partial charge in [0.05, 0.1) is 4.92 Å². The lowest BCUT2D eigenvalue weighted by molar-refractivity contribution is -0.385. The van der Waals surface area contributed by atoms with Gasteiger partial charge in [0.2, 0.25) is 11.6 Å². The number of aryl methyl sites for hydroxylation is 2. The maximum Gasteiger partial charge on any atom is 0.311 e. The van der Waals surface area contributed by atoms with Crippen molar-refractivity contribution in [3.63, 3.8) is 0 Å². The van der Waals surface area contributed by atoms with Crippen molar-refractivity contribution in [3.8, 4) is 11.6 Å². The summed E-state index contributed by atoms with van der Waals surface area (Å²) >= 11 is 5.74. The summed E-state index contributed by atoms with van der Waals surface area (Å²) < 4.78 is 5.60. The van der Waals surface area contributed by atoms with Crippen molar-refractivity contribution in [1.29, 1.82) is 0 Å². The van der Waals surface area contributed by atoms with Crippen LogP contribution in [-0.4, -0.2) is 9.91 Å². The number of alkyl halides is 1. The first kappa shape index (κ1) is 15.3. The standard InChI is InChI=1S/C15H15ClN2O3/c1-3-11-4-5-14(13(7-11)18(19)20)21-15-10(2)6-12(8-16)9-17-15/h4-7,9H,3,8H2,1-2H3. The highest BCUT2D eigenvalue weighted by atomic mass is 35.5. The second kappa shape index (κ2) is 6.54. The molecule has 0 spiro atoms. The third-order valence-corrected chi connectivity index (χ3v) is 3.38. The number of halogens is 1. The van der Waals surface area contributed by atoms with Crippen LogP contribution in [0.1, 0.15) is 23.6 Å². The van der Waals surface area contributed by atoms with E-state index in [1.165, 1.54) is 6.07 Å². The van der Waals surface area contributed by atoms with E-state index in [0.717, 1.165) is 23.1 Å². The molecule has 0 saturated carbocycles. The number of benzene rings is 1. The summed E-state index contributed by atoms with van der Waals surface area (Å²) in [5, 5.41) is 11.2. The number of hydrogen-bond acceptors (Lipinski definition) is 4. The average Bonchev–Trinajstić information content (AvgIpc) is 2.49. The number of nitro groups is 1. The smallest absolute Gasteiger partial charge is 0.311 e. The Morgan fingerprint density at radius 1 is 1.33 bits per heavy atom. The second-order valence-corrected chi connectivity index (χ2v) is 4.88. The van der Waals surface area contributed by atoms with E-state index in [1.54, 1.807) is 12.3 Å². The molecule has 2 rings (SSSR count). The van der Waals surface area contributed by atoms with Crippen molar-refractivity contribution in [1.82, 2.24) is 4.98 Å². The first-order valence-corrected chi connectivity index (χ1v) is 7.05. The summed E-state index contributed by atoms with van der Waals surface area (Å²) in [6, 6.07) is 6.79. The van der Waals surface area contributed by atoms with E-state index >= 15 is 0 Å². The molecule has 6 heteroatoms. The number of aromatic nitrogens is 1. The minimum Gasteiger partial charge on any atom is -0.432 e. The van der Waals surface area contributed by atoms with Crippen LogP contribution in [0.4, 0.5) is 5.69 Å². The van der Waals surface area contributed by atoms with E-state index in [2.05, 4.69) is 4.98 Å². The molecule has 0 fully saturated rings. The Hall–Kier alpha value is -2.14. The lowest BCUT2D eigenvalue weighted by Crippen LogP contribution is -1.98. The number of rotatable bonds is 5. The van der Waals surface area contributed by atoms with E-state index in [1.807, 2.05) is 26.0 Å². The van der Waals surface area contributed by atoms with E-state index in [0.29, 0.717) is 11.8 Å². The van der Waals surface area contributed by atoms with Gasteiger partial charge in [-0.1, -0.05) is 13.0 Å². The highest BCUT2D eigenvalue weighted by molar-refractivity contribution is 6.17. The molecule has 110 valence electrons. The molecule has 2 aromatic rings. The molecule has 0 amide bonds. The van der Waals surface area contributed by atoms with Crippen molar-refractivity contribution in [3.05, 3.63) is 57.3 Å². The summed E-state index contributed by atoms with van der Waals surface area (Å²) in [6.45, 7) is 3.76. The SMILES string of the molecule is CCc1ccc(Oc2ncc(CCl)cc2C)c([N+](=O)[O-])c1. The molecule has 0 radical (unpaired) electrons. The van der Waals surface area contributed by atoms with Gasteiger partial charge in [-0.3, -0.25) is 10.1 Å². The molecule has 0 aliphatic rings. The van der Waals surface area contributed by atoms with E-state index in [4.69, 9.17) is 16.3 Å². The molecule has 1 heterocycles. The van der Waals surface area contributed by atoms with Crippen LogP contribution >= 0.6 is 11.6 Å². The quantitative estimate of drug-likeness (QED) is 0.467. The molecule has 1 aromatic heterocycles. The van der Waals surface area contributed by atoms with E-state index in [-0.39, 0.29) is 11.4 Å². The van der Waals surface area contributed by atoms with Gasteiger partial charge in [0.15, 0.2) is 0 Å². The summed E-state index contributed by atoms with van der Waals surface area (Å²) in [7, 11) is 0. The minimum atomic E-state index is -0.447. The molecular formula is C15H15ClN2O3. The Morgan fingerprint density at radius 2 is 2.10 bits per heavy atom.